The van der Waals surface area contributed by atoms with Gasteiger partial charge in [0.1, 0.15) is 12.2 Å². The van der Waals surface area contributed by atoms with Crippen LogP contribution in [0.2, 0.25) is 0 Å². The monoisotopic (exact) mass is 524 g/mol. The maximum atomic E-state index is 13.7. The summed E-state index contributed by atoms with van der Waals surface area (Å²) in [6, 6.07) is 3.02. The fraction of sp³-hybridized carbons (Fsp3) is 0.565. The molecule has 5 rings (SSSR count). The van der Waals surface area contributed by atoms with Gasteiger partial charge >= 0.3 is 0 Å². The normalized spacial score (nSPS) is 28.8. The molecule has 13 heteroatoms. The van der Waals surface area contributed by atoms with Crippen LogP contribution in [0.25, 0.3) is 11.2 Å². The largest absolute Gasteiger partial charge is 0.394 e. The van der Waals surface area contributed by atoms with Gasteiger partial charge < -0.3 is 25.4 Å². The molecule has 10 nitrogen and oxygen atoms in total. The summed E-state index contributed by atoms with van der Waals surface area (Å²) >= 11 is 1.44. The van der Waals surface area contributed by atoms with Crippen LogP contribution >= 0.6 is 11.8 Å². The van der Waals surface area contributed by atoms with E-state index in [0.29, 0.717) is 34.1 Å². The summed E-state index contributed by atoms with van der Waals surface area (Å²) in [5, 5.41) is 42.7. The summed E-state index contributed by atoms with van der Waals surface area (Å²) in [6.45, 7) is -1.22. The Morgan fingerprint density at radius 1 is 1.22 bits per heavy atom. The van der Waals surface area contributed by atoms with Crippen molar-refractivity contribution in [2.75, 3.05) is 24.2 Å². The number of hydrogen-bond donors (Lipinski definition) is 4. The number of aromatic nitrogens is 5. The van der Waals surface area contributed by atoms with Crippen molar-refractivity contribution >= 4 is 28.7 Å². The fourth-order valence-corrected chi connectivity index (χ4v) is 5.25. The molecule has 0 amide bonds. The van der Waals surface area contributed by atoms with Crippen LogP contribution in [0.1, 0.15) is 46.5 Å². The van der Waals surface area contributed by atoms with Crippen molar-refractivity contribution in [1.29, 1.82) is 0 Å². The quantitative estimate of drug-likeness (QED) is 0.230. The van der Waals surface area contributed by atoms with E-state index < -0.39 is 49.2 Å². The number of aliphatic hydroxyl groups excluding tert-OH is 2. The van der Waals surface area contributed by atoms with Crippen molar-refractivity contribution in [3.8, 4) is 0 Å². The summed E-state index contributed by atoms with van der Waals surface area (Å²) < 4.78 is 48.3. The Bertz CT molecular complexity index is 1310. The maximum absolute atomic E-state index is 13.7. The lowest BCUT2D eigenvalue weighted by Crippen LogP contribution is -2.33. The second kappa shape index (κ2) is 10.5. The van der Waals surface area contributed by atoms with Crippen LogP contribution in [0.3, 0.4) is 0 Å². The number of ether oxygens (including phenoxy) is 1. The third kappa shape index (κ3) is 4.90. The van der Waals surface area contributed by atoms with Gasteiger partial charge in [-0.05, 0) is 30.5 Å². The van der Waals surface area contributed by atoms with E-state index in [0.717, 1.165) is 18.2 Å². The molecule has 1 unspecified atom stereocenters. The highest BCUT2D eigenvalue weighted by Crippen LogP contribution is 2.44. The van der Waals surface area contributed by atoms with Crippen molar-refractivity contribution in [2.45, 2.75) is 67.7 Å². The molecular formula is C23H28F2N6O4S. The zero-order chi connectivity index (χ0) is 27.2. The van der Waals surface area contributed by atoms with Crippen LogP contribution in [-0.4, -0.2) is 83.6 Å². The number of aliphatic hydroxyl groups is 3. The van der Waals surface area contributed by atoms with Crippen molar-refractivity contribution in [2.24, 2.45) is 0 Å². The molecule has 2 fully saturated rings. The predicted molar refractivity (Wildman–Crippen MR) is 128 cm³/mol. The number of anilines is 1. The predicted octanol–water partition coefficient (Wildman–Crippen LogP) is 2.01. The molecule has 0 bridgehead atoms. The van der Waals surface area contributed by atoms with Gasteiger partial charge in [0.2, 0.25) is 0 Å². The highest BCUT2D eigenvalue weighted by molar-refractivity contribution is 7.99. The molecule has 0 aliphatic heterocycles. The molecule has 4 N–H and O–H groups in total. The van der Waals surface area contributed by atoms with Gasteiger partial charge in [0.25, 0.3) is 0 Å². The van der Waals surface area contributed by atoms with E-state index in [1.54, 1.807) is 6.07 Å². The molecular weight excluding hydrogens is 494 g/mol. The summed E-state index contributed by atoms with van der Waals surface area (Å²) in [5.41, 5.74) is 1.36. The smallest absolute Gasteiger partial charge is 0.191 e. The van der Waals surface area contributed by atoms with E-state index in [1.165, 1.54) is 22.5 Å². The first kappa shape index (κ1) is 22.7. The summed E-state index contributed by atoms with van der Waals surface area (Å²) in [7, 11) is 0. The van der Waals surface area contributed by atoms with E-state index in [4.69, 9.17) is 7.48 Å². The minimum Gasteiger partial charge on any atom is -0.394 e. The number of halogens is 2. The Morgan fingerprint density at radius 2 is 2.06 bits per heavy atom. The van der Waals surface area contributed by atoms with Gasteiger partial charge in [0.15, 0.2) is 33.8 Å². The van der Waals surface area contributed by atoms with Gasteiger partial charge in [-0.1, -0.05) is 30.0 Å². The summed E-state index contributed by atoms with van der Waals surface area (Å²) in [6.07, 6.45) is -1.91. The van der Waals surface area contributed by atoms with Gasteiger partial charge in [-0.2, -0.15) is 0 Å². The second-order valence-corrected chi connectivity index (χ2v) is 10.0. The van der Waals surface area contributed by atoms with Crippen LogP contribution in [0.15, 0.2) is 23.4 Å². The van der Waals surface area contributed by atoms with Gasteiger partial charge in [-0.15, -0.1) is 5.10 Å². The van der Waals surface area contributed by atoms with Gasteiger partial charge in [0, 0.05) is 24.1 Å². The van der Waals surface area contributed by atoms with Crippen molar-refractivity contribution in [1.82, 2.24) is 25.0 Å². The molecule has 1 aromatic carbocycles. The maximum Gasteiger partial charge on any atom is 0.191 e. The van der Waals surface area contributed by atoms with E-state index in [9.17, 15) is 24.1 Å². The minimum absolute atomic E-state index is 0.0330. The van der Waals surface area contributed by atoms with Crippen molar-refractivity contribution in [3.63, 3.8) is 0 Å². The highest BCUT2D eigenvalue weighted by Gasteiger charge is 2.45. The van der Waals surface area contributed by atoms with E-state index in [-0.39, 0.29) is 18.4 Å². The first-order valence-corrected chi connectivity index (χ1v) is 12.7. The molecule has 194 valence electrons. The Kier molecular flexibility index (Phi) is 6.63. The van der Waals surface area contributed by atoms with Crippen LogP contribution in [-0.2, 0) is 4.74 Å². The van der Waals surface area contributed by atoms with E-state index >= 15 is 0 Å². The first-order chi connectivity index (χ1) is 18.1. The zero-order valence-corrected chi connectivity index (χ0v) is 20.2. The molecule has 6 atom stereocenters. The third-order valence-corrected chi connectivity index (χ3v) is 7.55. The van der Waals surface area contributed by atoms with Gasteiger partial charge in [-0.25, -0.2) is 23.4 Å². The second-order valence-electron chi connectivity index (χ2n) is 8.97. The van der Waals surface area contributed by atoms with E-state index in [2.05, 4.69) is 25.6 Å². The first-order valence-electron chi connectivity index (χ1n) is 12.7. The molecule has 2 aliphatic carbocycles. The molecule has 2 saturated carbocycles. The molecule has 2 aliphatic rings. The topological polar surface area (TPSA) is 138 Å². The highest BCUT2D eigenvalue weighted by atomic mass is 32.2. The van der Waals surface area contributed by atoms with Crippen LogP contribution in [0, 0.1) is 11.6 Å². The standard InChI is InChI=1S/C23H28F2N6O4S/c1-2-7-36-23-27-21(26-15-9-12(15)11-3-4-13(24)14(25)8-11)18-22(28-23)31(30-29-18)16-10-17(35-6-5-32)20(34)19(16)33/h3-4,8,12,15-17,19-20,32-34H,2,5-7,9-10H2,1H3,(H,26,27,28)/t12?,15-,16+,17-,19-,20+/m0/s1/i5D2. The average Bonchev–Trinajstić information content (AvgIpc) is 3.41. The Hall–Kier alpha value is -2.45. The average molecular weight is 525 g/mol. The minimum atomic E-state index is -2.58. The lowest BCUT2D eigenvalue weighted by Gasteiger charge is -2.17. The molecule has 0 spiro atoms. The molecule has 0 radical (unpaired) electrons. The van der Waals surface area contributed by atoms with Crippen LogP contribution in [0.5, 0.6) is 0 Å². The third-order valence-electron chi connectivity index (χ3n) is 6.50. The zero-order valence-electron chi connectivity index (χ0n) is 21.4. The molecule has 3 aromatic rings. The molecule has 2 heterocycles. The molecule has 0 saturated heterocycles. The number of hydrogen-bond acceptors (Lipinski definition) is 10. The molecule has 2 aromatic heterocycles. The number of fused-ring (bicyclic) bond motifs is 1. The Labute approximate surface area is 212 Å². The fourth-order valence-electron chi connectivity index (χ4n) is 4.55. The van der Waals surface area contributed by atoms with Crippen LogP contribution in [0.4, 0.5) is 14.6 Å². The summed E-state index contributed by atoms with van der Waals surface area (Å²) in [5.74, 6) is -0.642. The van der Waals surface area contributed by atoms with Crippen molar-refractivity contribution < 1.29 is 31.6 Å². The number of thioether (sulfide) groups is 1. The SMILES string of the molecule is [2H]C([2H])(O)CO[C@H]1C[C@@H](n2nnc3c(N[C@H]4CC4c4ccc(F)c(F)c4)nc(SCCC)nc32)[C@H](O)[C@@H]1O. The molecule has 36 heavy (non-hydrogen) atoms. The van der Waals surface area contributed by atoms with Gasteiger partial charge in [-0.3, -0.25) is 0 Å². The Morgan fingerprint density at radius 3 is 2.81 bits per heavy atom. The number of nitrogens with one attached hydrogen (secondary N) is 1. The van der Waals surface area contributed by atoms with Gasteiger partial charge in [0.05, 0.1) is 28.1 Å². The number of benzene rings is 1. The summed E-state index contributed by atoms with van der Waals surface area (Å²) in [4.78, 5) is 9.21. The lowest BCUT2D eigenvalue weighted by molar-refractivity contribution is -0.0629. The van der Waals surface area contributed by atoms with Crippen molar-refractivity contribution in [3.05, 3.63) is 35.4 Å². The van der Waals surface area contributed by atoms with Crippen LogP contribution < -0.4 is 5.32 Å². The van der Waals surface area contributed by atoms with E-state index in [1.807, 2.05) is 6.92 Å². The number of rotatable bonds is 10. The Balaban J connectivity index is 1.41. The number of nitrogens with zero attached hydrogens (tertiary/aromatic N) is 5. The lowest BCUT2D eigenvalue weighted by atomic mass is 10.1.